The van der Waals surface area contributed by atoms with E-state index >= 15 is 0 Å². The van der Waals surface area contributed by atoms with Crippen molar-refractivity contribution in [3.8, 4) is 22.9 Å². The highest BCUT2D eigenvalue weighted by Crippen LogP contribution is 2.29. The molecule has 0 fully saturated rings. The number of fused-ring (bicyclic) bond motifs is 2. The minimum Gasteiger partial charge on any atom is -0.478 e. The monoisotopic (exact) mass is 509 g/mol. The third kappa shape index (κ3) is 4.19. The first-order valence-corrected chi connectivity index (χ1v) is 11.5. The number of rotatable bonds is 5. The first-order valence-electron chi connectivity index (χ1n) is 11.2. The molecule has 0 saturated carbocycles. The molecule has 0 aliphatic rings. The number of aromatic carboxylic acids is 1. The summed E-state index contributed by atoms with van der Waals surface area (Å²) in [7, 11) is 0. The van der Waals surface area contributed by atoms with E-state index in [9.17, 15) is 14.7 Å². The van der Waals surface area contributed by atoms with Crippen molar-refractivity contribution in [1.29, 1.82) is 0 Å². The van der Waals surface area contributed by atoms with Crippen LogP contribution in [0.2, 0.25) is 5.02 Å². The fraction of sp³-hybridized carbons (Fsp3) is 0. The highest BCUT2D eigenvalue weighted by atomic mass is 35.5. The van der Waals surface area contributed by atoms with Crippen molar-refractivity contribution >= 4 is 45.7 Å². The van der Waals surface area contributed by atoms with E-state index in [0.717, 1.165) is 10.1 Å². The number of carbonyl (C=O) groups is 1. The Bertz CT molecular complexity index is 1910. The zero-order valence-electron chi connectivity index (χ0n) is 19.0. The maximum Gasteiger partial charge on any atom is 0.335 e. The van der Waals surface area contributed by atoms with Gasteiger partial charge in [0.2, 0.25) is 5.82 Å². The lowest BCUT2D eigenvalue weighted by Gasteiger charge is -2.06. The maximum absolute atomic E-state index is 13.4. The topological polar surface area (TPSA) is 111 Å². The smallest absolute Gasteiger partial charge is 0.335 e. The molecule has 0 unspecified atom stereocenters. The van der Waals surface area contributed by atoms with Gasteiger partial charge in [-0.2, -0.15) is 9.78 Å². The van der Waals surface area contributed by atoms with Gasteiger partial charge >= 0.3 is 5.97 Å². The molecule has 0 atom stereocenters. The molecule has 3 aromatic heterocycles. The Morgan fingerprint density at radius 1 is 0.946 bits per heavy atom. The fourth-order valence-corrected chi connectivity index (χ4v) is 4.19. The molecule has 180 valence electrons. The van der Waals surface area contributed by atoms with Crippen LogP contribution in [-0.2, 0) is 0 Å². The fourth-order valence-electron chi connectivity index (χ4n) is 4.01. The second-order valence-corrected chi connectivity index (χ2v) is 8.63. The van der Waals surface area contributed by atoms with Crippen LogP contribution in [0.1, 0.15) is 16.1 Å². The van der Waals surface area contributed by atoms with E-state index in [1.807, 2.05) is 0 Å². The second-order valence-electron chi connectivity index (χ2n) is 8.19. The Morgan fingerprint density at radius 2 is 1.81 bits per heavy atom. The summed E-state index contributed by atoms with van der Waals surface area (Å²) in [5.41, 5.74) is 1.47. The number of para-hydroxylation sites is 1. The summed E-state index contributed by atoms with van der Waals surface area (Å²) in [5.74, 6) is 0.357. The second kappa shape index (κ2) is 8.92. The number of carboxylic acid groups (broad SMARTS) is 1. The van der Waals surface area contributed by atoms with Crippen molar-refractivity contribution < 1.29 is 18.7 Å². The Morgan fingerprint density at radius 3 is 2.68 bits per heavy atom. The van der Waals surface area contributed by atoms with Gasteiger partial charge in [-0.25, -0.2) is 9.78 Å². The first-order chi connectivity index (χ1) is 18.0. The van der Waals surface area contributed by atoms with E-state index in [-0.39, 0.29) is 16.9 Å². The van der Waals surface area contributed by atoms with Crippen LogP contribution in [-0.4, -0.2) is 27.0 Å². The molecule has 8 nitrogen and oxygen atoms in total. The Labute approximate surface area is 213 Å². The van der Waals surface area contributed by atoms with Gasteiger partial charge in [0, 0.05) is 16.0 Å². The van der Waals surface area contributed by atoms with Crippen molar-refractivity contribution in [3.63, 3.8) is 0 Å². The lowest BCUT2D eigenvalue weighted by Crippen LogP contribution is -2.20. The number of halogens is 1. The Hall–Kier alpha value is -4.95. The van der Waals surface area contributed by atoms with Crippen LogP contribution in [0.3, 0.4) is 0 Å². The third-order valence-corrected chi connectivity index (χ3v) is 6.01. The molecule has 6 aromatic rings. The number of carboxylic acids is 1. The van der Waals surface area contributed by atoms with Gasteiger partial charge in [-0.05, 0) is 60.7 Å². The first kappa shape index (κ1) is 22.5. The summed E-state index contributed by atoms with van der Waals surface area (Å²) in [4.78, 5) is 29.3. The predicted molar refractivity (Wildman–Crippen MR) is 140 cm³/mol. The summed E-state index contributed by atoms with van der Waals surface area (Å²) in [6, 6.07) is 23.8. The van der Waals surface area contributed by atoms with E-state index in [4.69, 9.17) is 20.4 Å². The van der Waals surface area contributed by atoms with Gasteiger partial charge in [-0.1, -0.05) is 35.9 Å². The molecule has 0 radical (unpaired) electrons. The Balaban J connectivity index is 1.44. The van der Waals surface area contributed by atoms with Crippen LogP contribution in [0.15, 0.2) is 104 Å². The van der Waals surface area contributed by atoms with Crippen molar-refractivity contribution in [2.24, 2.45) is 5.10 Å². The number of nitrogens with zero attached hydrogens (tertiary/aromatic N) is 3. The zero-order valence-corrected chi connectivity index (χ0v) is 19.7. The van der Waals surface area contributed by atoms with Crippen LogP contribution in [0.25, 0.3) is 44.8 Å². The van der Waals surface area contributed by atoms with Gasteiger partial charge in [0.25, 0.3) is 5.56 Å². The summed E-state index contributed by atoms with van der Waals surface area (Å²) in [5, 5.41) is 15.4. The average Bonchev–Trinajstić information content (AvgIpc) is 3.55. The highest BCUT2D eigenvalue weighted by molar-refractivity contribution is 6.31. The quantitative estimate of drug-likeness (QED) is 0.273. The molecular formula is C28H16ClN3O5. The van der Waals surface area contributed by atoms with E-state index in [2.05, 4.69) is 10.1 Å². The molecular weight excluding hydrogens is 494 g/mol. The molecule has 0 aliphatic heterocycles. The van der Waals surface area contributed by atoms with E-state index < -0.39 is 5.97 Å². The summed E-state index contributed by atoms with van der Waals surface area (Å²) in [6.45, 7) is 0. The molecule has 3 heterocycles. The molecule has 0 saturated heterocycles. The van der Waals surface area contributed by atoms with Crippen molar-refractivity contribution in [3.05, 3.63) is 112 Å². The third-order valence-electron chi connectivity index (χ3n) is 5.77. The van der Waals surface area contributed by atoms with Gasteiger partial charge in [0.05, 0.1) is 22.7 Å². The molecule has 0 amide bonds. The maximum atomic E-state index is 13.4. The molecule has 9 heteroatoms. The summed E-state index contributed by atoms with van der Waals surface area (Å²) in [6.07, 6.45) is 1.39. The van der Waals surface area contributed by atoms with Gasteiger partial charge in [-0.3, -0.25) is 4.79 Å². The zero-order chi connectivity index (χ0) is 25.5. The molecule has 0 bridgehead atoms. The van der Waals surface area contributed by atoms with Gasteiger partial charge < -0.3 is 13.9 Å². The number of hydrogen-bond donors (Lipinski definition) is 1. The SMILES string of the molecule is O=C(O)c1cccc(-c2ccc(C=Nn3c(-c4cc5cc(Cl)ccc5o4)nc4ccccc4c3=O)o2)c1. The number of furan rings is 2. The van der Waals surface area contributed by atoms with Crippen LogP contribution >= 0.6 is 11.6 Å². The minimum absolute atomic E-state index is 0.148. The minimum atomic E-state index is -1.03. The van der Waals surface area contributed by atoms with Crippen LogP contribution in [0.5, 0.6) is 0 Å². The van der Waals surface area contributed by atoms with E-state index in [1.165, 1.54) is 18.3 Å². The lowest BCUT2D eigenvalue weighted by molar-refractivity contribution is 0.0697. The van der Waals surface area contributed by atoms with Crippen molar-refractivity contribution in [1.82, 2.24) is 9.66 Å². The highest BCUT2D eigenvalue weighted by Gasteiger charge is 2.17. The lowest BCUT2D eigenvalue weighted by atomic mass is 10.1. The van der Waals surface area contributed by atoms with Crippen molar-refractivity contribution in [2.45, 2.75) is 0 Å². The van der Waals surface area contributed by atoms with Crippen LogP contribution in [0, 0.1) is 0 Å². The number of hydrogen-bond acceptors (Lipinski definition) is 6. The normalized spacial score (nSPS) is 11.6. The molecule has 37 heavy (non-hydrogen) atoms. The standard InChI is InChI=1S/C28H16ClN3O5/c29-19-8-10-24-18(13-19)14-25(37-24)26-31-22-7-2-1-6-21(22)27(33)32(26)30-15-20-9-11-23(36-20)16-4-3-5-17(12-16)28(34)35/h1-15H,(H,34,35). The van der Waals surface area contributed by atoms with Crippen LogP contribution < -0.4 is 5.56 Å². The molecule has 0 aliphatic carbocycles. The average molecular weight is 510 g/mol. The van der Waals surface area contributed by atoms with E-state index in [0.29, 0.717) is 44.4 Å². The Kier molecular flexibility index (Phi) is 5.43. The van der Waals surface area contributed by atoms with E-state index in [1.54, 1.807) is 72.8 Å². The van der Waals surface area contributed by atoms with Gasteiger partial charge in [-0.15, -0.1) is 0 Å². The van der Waals surface area contributed by atoms with Crippen molar-refractivity contribution in [2.75, 3.05) is 0 Å². The van der Waals surface area contributed by atoms with Gasteiger partial charge in [0.1, 0.15) is 17.1 Å². The summed E-state index contributed by atoms with van der Waals surface area (Å²) >= 11 is 6.12. The van der Waals surface area contributed by atoms with Gasteiger partial charge in [0.15, 0.2) is 5.76 Å². The molecule has 0 spiro atoms. The molecule has 3 aromatic carbocycles. The summed E-state index contributed by atoms with van der Waals surface area (Å²) < 4.78 is 13.0. The molecule has 6 rings (SSSR count). The predicted octanol–water partition coefficient (Wildman–Crippen LogP) is 6.30. The van der Waals surface area contributed by atoms with Crippen LogP contribution in [0.4, 0.5) is 0 Å². The number of aromatic nitrogens is 2. The largest absolute Gasteiger partial charge is 0.478 e. The number of benzene rings is 3. The molecule has 1 N–H and O–H groups in total.